The largest absolute Gasteiger partial charge is 0.385 e. The highest BCUT2D eigenvalue weighted by molar-refractivity contribution is 5.93. The number of hydrogen-bond donors (Lipinski definition) is 1. The molecule has 1 aromatic heterocycles. The fourth-order valence-corrected chi connectivity index (χ4v) is 2.54. The van der Waals surface area contributed by atoms with E-state index in [9.17, 15) is 4.79 Å². The first-order valence-electron chi connectivity index (χ1n) is 7.79. The summed E-state index contributed by atoms with van der Waals surface area (Å²) in [6.45, 7) is 3.27. The van der Waals surface area contributed by atoms with Crippen molar-refractivity contribution in [3.8, 4) is 0 Å². The number of ether oxygens (including phenoxy) is 1. The van der Waals surface area contributed by atoms with Crippen LogP contribution in [0.3, 0.4) is 0 Å². The molecule has 5 nitrogen and oxygen atoms in total. The maximum Gasteiger partial charge on any atom is 0.272 e. The van der Waals surface area contributed by atoms with Crippen LogP contribution in [0.25, 0.3) is 0 Å². The Labute approximate surface area is 126 Å². The third kappa shape index (κ3) is 5.01. The number of methoxy groups -OCH3 is 1. The zero-order chi connectivity index (χ0) is 14.9. The summed E-state index contributed by atoms with van der Waals surface area (Å²) in [5.74, 6) is 0.0532. The second-order valence-corrected chi connectivity index (χ2v) is 5.41. The Morgan fingerprint density at radius 3 is 2.81 bits per heavy atom. The van der Waals surface area contributed by atoms with Gasteiger partial charge < -0.3 is 15.0 Å². The van der Waals surface area contributed by atoms with E-state index in [0.717, 1.165) is 51.2 Å². The molecule has 0 saturated carbocycles. The van der Waals surface area contributed by atoms with Crippen LogP contribution in [-0.4, -0.2) is 49.1 Å². The minimum absolute atomic E-state index is 0.0532. The predicted molar refractivity (Wildman–Crippen MR) is 83.6 cm³/mol. The van der Waals surface area contributed by atoms with Gasteiger partial charge in [0, 0.05) is 45.2 Å². The fraction of sp³-hybridized carbons (Fsp3) is 0.625. The van der Waals surface area contributed by atoms with Crippen LogP contribution in [0.5, 0.6) is 0 Å². The molecule has 1 fully saturated rings. The summed E-state index contributed by atoms with van der Waals surface area (Å²) in [6.07, 6.45) is 7.27. The molecule has 2 rings (SSSR count). The van der Waals surface area contributed by atoms with Gasteiger partial charge in [0.1, 0.15) is 5.69 Å². The van der Waals surface area contributed by atoms with Crippen LogP contribution in [0.15, 0.2) is 18.3 Å². The first-order valence-corrected chi connectivity index (χ1v) is 7.79. The first kappa shape index (κ1) is 15.8. The molecule has 0 aliphatic carbocycles. The number of amides is 1. The van der Waals surface area contributed by atoms with Gasteiger partial charge in [-0.05, 0) is 31.4 Å². The molecule has 0 bridgehead atoms. The van der Waals surface area contributed by atoms with E-state index in [0.29, 0.717) is 5.69 Å². The van der Waals surface area contributed by atoms with Crippen molar-refractivity contribution in [3.63, 3.8) is 0 Å². The van der Waals surface area contributed by atoms with Gasteiger partial charge in [0.05, 0.1) is 0 Å². The standard InChI is InChI=1S/C16H25N3O2/c1-21-12-6-8-17-14-7-9-18-15(13-14)16(20)19-10-4-2-3-5-11-19/h7,9,13H,2-6,8,10-12H2,1H3,(H,17,18). The zero-order valence-corrected chi connectivity index (χ0v) is 12.8. The maximum absolute atomic E-state index is 12.5. The van der Waals surface area contributed by atoms with Crippen LogP contribution in [0, 0.1) is 0 Å². The van der Waals surface area contributed by atoms with Gasteiger partial charge in [-0.1, -0.05) is 12.8 Å². The average molecular weight is 291 g/mol. The summed E-state index contributed by atoms with van der Waals surface area (Å²) in [4.78, 5) is 18.7. The van der Waals surface area contributed by atoms with Crippen LogP contribution in [-0.2, 0) is 4.74 Å². The van der Waals surface area contributed by atoms with E-state index < -0.39 is 0 Å². The molecule has 21 heavy (non-hydrogen) atoms. The number of aromatic nitrogens is 1. The number of nitrogens with zero attached hydrogens (tertiary/aromatic N) is 2. The summed E-state index contributed by atoms with van der Waals surface area (Å²) in [6, 6.07) is 3.74. The number of carbonyl (C=O) groups is 1. The molecular weight excluding hydrogens is 266 g/mol. The number of nitrogens with one attached hydrogen (secondary N) is 1. The lowest BCUT2D eigenvalue weighted by molar-refractivity contribution is 0.0756. The molecule has 1 aliphatic heterocycles. The van der Waals surface area contributed by atoms with E-state index in [1.165, 1.54) is 12.8 Å². The Balaban J connectivity index is 1.93. The molecule has 0 unspecified atom stereocenters. The SMILES string of the molecule is COCCCNc1ccnc(C(=O)N2CCCCCC2)c1. The van der Waals surface area contributed by atoms with E-state index in [-0.39, 0.29) is 5.91 Å². The van der Waals surface area contributed by atoms with Gasteiger partial charge in [-0.15, -0.1) is 0 Å². The van der Waals surface area contributed by atoms with Crippen molar-refractivity contribution in [1.82, 2.24) is 9.88 Å². The molecule has 0 spiro atoms. The number of likely N-dealkylation sites (tertiary alicyclic amines) is 1. The van der Waals surface area contributed by atoms with Gasteiger partial charge in [0.2, 0.25) is 0 Å². The van der Waals surface area contributed by atoms with Crippen molar-refractivity contribution < 1.29 is 9.53 Å². The van der Waals surface area contributed by atoms with E-state index >= 15 is 0 Å². The fourth-order valence-electron chi connectivity index (χ4n) is 2.54. The van der Waals surface area contributed by atoms with E-state index in [1.54, 1.807) is 13.3 Å². The minimum atomic E-state index is 0.0532. The van der Waals surface area contributed by atoms with Crippen molar-refractivity contribution >= 4 is 11.6 Å². The Bertz CT molecular complexity index is 443. The van der Waals surface area contributed by atoms with E-state index in [1.807, 2.05) is 17.0 Å². The van der Waals surface area contributed by atoms with Gasteiger partial charge >= 0.3 is 0 Å². The summed E-state index contributed by atoms with van der Waals surface area (Å²) >= 11 is 0. The smallest absolute Gasteiger partial charge is 0.272 e. The molecule has 1 aromatic rings. The second-order valence-electron chi connectivity index (χ2n) is 5.41. The van der Waals surface area contributed by atoms with Gasteiger partial charge in [-0.2, -0.15) is 0 Å². The van der Waals surface area contributed by atoms with Crippen LogP contribution in [0.2, 0.25) is 0 Å². The maximum atomic E-state index is 12.5. The summed E-state index contributed by atoms with van der Waals surface area (Å²) in [5, 5.41) is 3.30. The van der Waals surface area contributed by atoms with Crippen molar-refractivity contribution in [2.75, 3.05) is 38.7 Å². The molecule has 0 aromatic carbocycles. The Morgan fingerprint density at radius 2 is 2.10 bits per heavy atom. The molecule has 2 heterocycles. The number of anilines is 1. The predicted octanol–water partition coefficient (Wildman–Crippen LogP) is 2.55. The summed E-state index contributed by atoms with van der Waals surface area (Å²) in [5.41, 5.74) is 1.48. The molecule has 0 radical (unpaired) electrons. The summed E-state index contributed by atoms with van der Waals surface area (Å²) < 4.78 is 5.02. The lowest BCUT2D eigenvalue weighted by Crippen LogP contribution is -2.32. The van der Waals surface area contributed by atoms with Crippen LogP contribution < -0.4 is 5.32 Å². The van der Waals surface area contributed by atoms with Crippen molar-refractivity contribution in [3.05, 3.63) is 24.0 Å². The van der Waals surface area contributed by atoms with Crippen molar-refractivity contribution in [2.45, 2.75) is 32.1 Å². The normalized spacial score (nSPS) is 15.6. The van der Waals surface area contributed by atoms with E-state index in [2.05, 4.69) is 10.3 Å². The number of carbonyl (C=O) groups excluding carboxylic acids is 1. The lowest BCUT2D eigenvalue weighted by Gasteiger charge is -2.20. The quantitative estimate of drug-likeness (QED) is 0.818. The second kappa shape index (κ2) is 8.62. The number of hydrogen-bond acceptors (Lipinski definition) is 4. The summed E-state index contributed by atoms with van der Waals surface area (Å²) in [7, 11) is 1.70. The van der Waals surface area contributed by atoms with Gasteiger partial charge in [-0.3, -0.25) is 9.78 Å². The molecule has 0 atom stereocenters. The molecule has 1 amide bonds. The van der Waals surface area contributed by atoms with E-state index in [4.69, 9.17) is 4.74 Å². The topological polar surface area (TPSA) is 54.5 Å². The highest BCUT2D eigenvalue weighted by atomic mass is 16.5. The Kier molecular flexibility index (Phi) is 6.47. The zero-order valence-electron chi connectivity index (χ0n) is 12.8. The third-order valence-electron chi connectivity index (χ3n) is 3.73. The Hall–Kier alpha value is -1.62. The lowest BCUT2D eigenvalue weighted by atomic mass is 10.2. The van der Waals surface area contributed by atoms with Crippen molar-refractivity contribution in [2.24, 2.45) is 0 Å². The minimum Gasteiger partial charge on any atom is -0.385 e. The molecule has 1 saturated heterocycles. The molecule has 116 valence electrons. The first-order chi connectivity index (χ1) is 10.3. The van der Waals surface area contributed by atoms with Crippen LogP contribution in [0.4, 0.5) is 5.69 Å². The highest BCUT2D eigenvalue weighted by Gasteiger charge is 2.18. The van der Waals surface area contributed by atoms with Crippen molar-refractivity contribution in [1.29, 1.82) is 0 Å². The number of rotatable bonds is 6. The molecule has 1 aliphatic rings. The van der Waals surface area contributed by atoms with Gasteiger partial charge in [-0.25, -0.2) is 0 Å². The van der Waals surface area contributed by atoms with Gasteiger partial charge in [0.15, 0.2) is 0 Å². The van der Waals surface area contributed by atoms with Crippen LogP contribution in [0.1, 0.15) is 42.6 Å². The monoisotopic (exact) mass is 291 g/mol. The molecule has 1 N–H and O–H groups in total. The Morgan fingerprint density at radius 1 is 1.33 bits per heavy atom. The molecule has 5 heteroatoms. The van der Waals surface area contributed by atoms with Gasteiger partial charge in [0.25, 0.3) is 5.91 Å². The number of pyridine rings is 1. The van der Waals surface area contributed by atoms with Crippen LogP contribution >= 0.6 is 0 Å². The average Bonchev–Trinajstić information content (AvgIpc) is 2.80. The molecular formula is C16H25N3O2. The third-order valence-corrected chi connectivity index (χ3v) is 3.73. The highest BCUT2D eigenvalue weighted by Crippen LogP contribution is 2.14.